The predicted molar refractivity (Wildman–Crippen MR) is 119 cm³/mol. The quantitative estimate of drug-likeness (QED) is 0.641. The van der Waals surface area contributed by atoms with Crippen LogP contribution in [0.1, 0.15) is 12.8 Å². The monoisotopic (exact) mass is 415 g/mol. The van der Waals surface area contributed by atoms with Crippen LogP contribution in [-0.2, 0) is 4.74 Å². The molecule has 0 aliphatic carbocycles. The van der Waals surface area contributed by atoms with E-state index in [0.29, 0.717) is 24.2 Å². The van der Waals surface area contributed by atoms with Crippen molar-refractivity contribution in [3.05, 3.63) is 30.3 Å². The Morgan fingerprint density at radius 2 is 1.90 bits per heavy atom. The van der Waals surface area contributed by atoms with Gasteiger partial charge in [0.2, 0.25) is 0 Å². The predicted octanol–water partition coefficient (Wildman–Crippen LogP) is 1.78. The minimum atomic E-state index is -0.563. The van der Waals surface area contributed by atoms with Crippen molar-refractivity contribution in [3.63, 3.8) is 0 Å². The summed E-state index contributed by atoms with van der Waals surface area (Å²) in [6.07, 6.45) is 1.42. The first-order valence-electron chi connectivity index (χ1n) is 10.4. The normalized spacial score (nSPS) is 15.6. The number of benzene rings is 1. The molecule has 3 rings (SSSR count). The minimum Gasteiger partial charge on any atom is -0.491 e. The third-order valence-electron chi connectivity index (χ3n) is 5.23. The lowest BCUT2D eigenvalue weighted by Gasteiger charge is -2.32. The fourth-order valence-corrected chi connectivity index (χ4v) is 3.43. The van der Waals surface area contributed by atoms with E-state index in [-0.39, 0.29) is 6.61 Å². The van der Waals surface area contributed by atoms with Crippen molar-refractivity contribution >= 4 is 11.6 Å². The molecule has 1 aliphatic rings. The molecular weight excluding hydrogens is 382 g/mol. The van der Waals surface area contributed by atoms with Crippen molar-refractivity contribution in [2.75, 3.05) is 64.4 Å². The van der Waals surface area contributed by atoms with E-state index in [4.69, 9.17) is 19.4 Å². The van der Waals surface area contributed by atoms with Gasteiger partial charge in [0.15, 0.2) is 5.82 Å². The molecule has 164 valence electrons. The molecule has 8 nitrogen and oxygen atoms in total. The summed E-state index contributed by atoms with van der Waals surface area (Å²) in [5.74, 6) is 3.08. The average molecular weight is 416 g/mol. The highest BCUT2D eigenvalue weighted by molar-refractivity contribution is 5.63. The number of anilines is 2. The number of aromatic nitrogens is 2. The summed E-state index contributed by atoms with van der Waals surface area (Å²) in [7, 11) is 7.85. The maximum Gasteiger partial charge on any atom is 0.163 e. The van der Waals surface area contributed by atoms with Crippen LogP contribution in [0.4, 0.5) is 11.6 Å². The highest BCUT2D eigenvalue weighted by atomic mass is 16.5. The van der Waals surface area contributed by atoms with Crippen molar-refractivity contribution in [3.8, 4) is 17.1 Å². The SMILES string of the molecule is CNCC(O)COc1cccc(-c2nc(N(C)C)cc(N(C)C3CCOCC3)n2)c1. The second-order valence-electron chi connectivity index (χ2n) is 7.81. The van der Waals surface area contributed by atoms with Crippen LogP contribution in [0.15, 0.2) is 30.3 Å². The van der Waals surface area contributed by atoms with Crippen molar-refractivity contribution in [1.29, 1.82) is 0 Å². The first-order chi connectivity index (χ1) is 14.5. The zero-order valence-electron chi connectivity index (χ0n) is 18.3. The van der Waals surface area contributed by atoms with Gasteiger partial charge in [-0.25, -0.2) is 9.97 Å². The summed E-state index contributed by atoms with van der Waals surface area (Å²) < 4.78 is 11.3. The molecule has 0 amide bonds. The number of nitrogens with zero attached hydrogens (tertiary/aromatic N) is 4. The summed E-state index contributed by atoms with van der Waals surface area (Å²) in [6.45, 7) is 2.27. The molecule has 2 aromatic rings. The van der Waals surface area contributed by atoms with Crippen molar-refractivity contribution < 1.29 is 14.6 Å². The second kappa shape index (κ2) is 10.6. The van der Waals surface area contributed by atoms with Crippen molar-refractivity contribution in [2.45, 2.75) is 25.0 Å². The lowest BCUT2D eigenvalue weighted by molar-refractivity contribution is 0.0853. The number of aliphatic hydroxyl groups excluding tert-OH is 1. The topological polar surface area (TPSA) is 83.0 Å². The van der Waals surface area contributed by atoms with Crippen LogP contribution >= 0.6 is 0 Å². The molecule has 2 N–H and O–H groups in total. The number of hydrogen-bond donors (Lipinski definition) is 2. The summed E-state index contributed by atoms with van der Waals surface area (Å²) in [5, 5.41) is 12.8. The number of nitrogens with one attached hydrogen (secondary N) is 1. The lowest BCUT2D eigenvalue weighted by atomic mass is 10.1. The van der Waals surface area contributed by atoms with Gasteiger partial charge in [0.1, 0.15) is 30.1 Å². The van der Waals surface area contributed by atoms with Gasteiger partial charge in [-0.05, 0) is 32.0 Å². The number of hydrogen-bond acceptors (Lipinski definition) is 8. The standard InChI is InChI=1S/C22H33N5O3/c1-23-14-18(28)15-30-19-7-5-6-16(12-19)22-24-20(26(2)3)13-21(25-22)27(4)17-8-10-29-11-9-17/h5-7,12-13,17-18,23,28H,8-11,14-15H2,1-4H3. The molecule has 0 bridgehead atoms. The molecule has 1 fully saturated rings. The highest BCUT2D eigenvalue weighted by Crippen LogP contribution is 2.28. The fourth-order valence-electron chi connectivity index (χ4n) is 3.43. The average Bonchev–Trinajstić information content (AvgIpc) is 2.78. The molecule has 0 saturated carbocycles. The van der Waals surface area contributed by atoms with E-state index >= 15 is 0 Å². The van der Waals surface area contributed by atoms with Crippen LogP contribution in [0, 0.1) is 0 Å². The largest absolute Gasteiger partial charge is 0.491 e. The Kier molecular flexibility index (Phi) is 7.84. The van der Waals surface area contributed by atoms with E-state index in [1.807, 2.05) is 49.3 Å². The Morgan fingerprint density at radius 1 is 1.17 bits per heavy atom. The molecule has 0 spiro atoms. The van der Waals surface area contributed by atoms with Crippen LogP contribution < -0.4 is 19.9 Å². The van der Waals surface area contributed by atoms with Gasteiger partial charge in [-0.3, -0.25) is 0 Å². The molecule has 1 atom stereocenters. The van der Waals surface area contributed by atoms with E-state index in [2.05, 4.69) is 17.3 Å². The van der Waals surface area contributed by atoms with Gasteiger partial charge in [-0.15, -0.1) is 0 Å². The number of likely N-dealkylation sites (N-methyl/N-ethyl adjacent to an activating group) is 1. The third-order valence-corrected chi connectivity index (χ3v) is 5.23. The van der Waals surface area contributed by atoms with E-state index in [1.165, 1.54) is 0 Å². The van der Waals surface area contributed by atoms with Crippen LogP contribution in [-0.4, -0.2) is 81.8 Å². The number of ether oxygens (including phenoxy) is 2. The van der Waals surface area contributed by atoms with Gasteiger partial charge in [-0.1, -0.05) is 12.1 Å². The molecule has 8 heteroatoms. The lowest BCUT2D eigenvalue weighted by Crippen LogP contribution is -2.37. The Hall–Kier alpha value is -2.42. The smallest absolute Gasteiger partial charge is 0.163 e. The van der Waals surface area contributed by atoms with Crippen LogP contribution in [0.5, 0.6) is 5.75 Å². The van der Waals surface area contributed by atoms with E-state index in [9.17, 15) is 5.11 Å². The van der Waals surface area contributed by atoms with E-state index in [1.54, 1.807) is 7.05 Å². The molecule has 1 aromatic heterocycles. The Morgan fingerprint density at radius 3 is 2.60 bits per heavy atom. The van der Waals surface area contributed by atoms with Crippen molar-refractivity contribution in [2.24, 2.45) is 0 Å². The van der Waals surface area contributed by atoms with E-state index in [0.717, 1.165) is 43.3 Å². The number of aliphatic hydroxyl groups is 1. The summed E-state index contributed by atoms with van der Waals surface area (Å²) in [4.78, 5) is 13.8. The van der Waals surface area contributed by atoms with Gasteiger partial charge in [0, 0.05) is 58.6 Å². The van der Waals surface area contributed by atoms with Gasteiger partial charge >= 0.3 is 0 Å². The summed E-state index contributed by atoms with van der Waals surface area (Å²) in [6, 6.07) is 10.1. The maximum absolute atomic E-state index is 9.88. The molecule has 30 heavy (non-hydrogen) atoms. The summed E-state index contributed by atoms with van der Waals surface area (Å²) >= 11 is 0. The van der Waals surface area contributed by atoms with Gasteiger partial charge in [0.25, 0.3) is 0 Å². The molecule has 0 radical (unpaired) electrons. The zero-order valence-corrected chi connectivity index (χ0v) is 18.3. The van der Waals surface area contributed by atoms with Crippen LogP contribution in [0.25, 0.3) is 11.4 Å². The van der Waals surface area contributed by atoms with Gasteiger partial charge in [0.05, 0.1) is 0 Å². The number of rotatable bonds is 9. The Bertz CT molecular complexity index is 811. The second-order valence-corrected chi connectivity index (χ2v) is 7.81. The third kappa shape index (κ3) is 5.81. The molecule has 1 aromatic carbocycles. The molecule has 1 aliphatic heterocycles. The van der Waals surface area contributed by atoms with Crippen LogP contribution in [0.3, 0.4) is 0 Å². The molecule has 1 saturated heterocycles. The van der Waals surface area contributed by atoms with Gasteiger partial charge < -0.3 is 29.7 Å². The Balaban J connectivity index is 1.85. The van der Waals surface area contributed by atoms with Gasteiger partial charge in [-0.2, -0.15) is 0 Å². The minimum absolute atomic E-state index is 0.223. The van der Waals surface area contributed by atoms with Crippen LogP contribution in [0.2, 0.25) is 0 Å². The molecule has 2 heterocycles. The fraction of sp³-hybridized carbons (Fsp3) is 0.545. The first-order valence-corrected chi connectivity index (χ1v) is 10.4. The first kappa shape index (κ1) is 22.3. The molecular formula is C22H33N5O3. The Labute approximate surface area is 178 Å². The zero-order chi connectivity index (χ0) is 21.5. The van der Waals surface area contributed by atoms with E-state index < -0.39 is 6.10 Å². The van der Waals surface area contributed by atoms with Crippen molar-refractivity contribution in [1.82, 2.24) is 15.3 Å². The molecule has 1 unspecified atom stereocenters. The maximum atomic E-state index is 9.88. The summed E-state index contributed by atoms with van der Waals surface area (Å²) in [5.41, 5.74) is 0.876. The highest BCUT2D eigenvalue weighted by Gasteiger charge is 2.21.